The van der Waals surface area contributed by atoms with Crippen LogP contribution in [0.2, 0.25) is 0 Å². The predicted molar refractivity (Wildman–Crippen MR) is 128 cm³/mol. The van der Waals surface area contributed by atoms with Gasteiger partial charge in [0.2, 0.25) is 0 Å². The molecule has 12 heteroatoms. The Morgan fingerprint density at radius 3 is 2.80 bits per heavy atom. The zero-order valence-electron chi connectivity index (χ0n) is 18.7. The maximum Gasteiger partial charge on any atom is 0.405 e. The summed E-state index contributed by atoms with van der Waals surface area (Å²) in [7, 11) is 0. The van der Waals surface area contributed by atoms with Gasteiger partial charge in [-0.15, -0.1) is 0 Å². The van der Waals surface area contributed by atoms with Crippen molar-refractivity contribution in [1.82, 2.24) is 25.0 Å². The van der Waals surface area contributed by atoms with Gasteiger partial charge in [-0.05, 0) is 49.7 Å². The Balaban J connectivity index is 1.51. The van der Waals surface area contributed by atoms with Crippen LogP contribution in [0.5, 0.6) is 0 Å². The molecule has 1 aliphatic heterocycles. The molecule has 0 spiro atoms. The summed E-state index contributed by atoms with van der Waals surface area (Å²) in [6.07, 6.45) is 7.21. The van der Waals surface area contributed by atoms with Crippen molar-refractivity contribution >= 4 is 29.2 Å². The van der Waals surface area contributed by atoms with E-state index in [-0.39, 0.29) is 11.7 Å². The van der Waals surface area contributed by atoms with Crippen LogP contribution < -0.4 is 21.7 Å². The topological polar surface area (TPSA) is 122 Å². The quantitative estimate of drug-likeness (QED) is 0.399. The van der Waals surface area contributed by atoms with E-state index in [2.05, 4.69) is 25.6 Å². The molecule has 5 N–H and O–H groups in total. The highest BCUT2D eigenvalue weighted by Gasteiger charge is 2.27. The van der Waals surface area contributed by atoms with Crippen molar-refractivity contribution in [3.8, 4) is 11.3 Å². The summed E-state index contributed by atoms with van der Waals surface area (Å²) in [5.74, 6) is 0. The molecule has 2 amide bonds. The maximum absolute atomic E-state index is 12.3. The third-order valence-corrected chi connectivity index (χ3v) is 5.50. The number of rotatable bonds is 6. The molecular formula is C23H25F3N8O. The van der Waals surface area contributed by atoms with Crippen molar-refractivity contribution in [2.45, 2.75) is 25.1 Å². The Hall–Kier alpha value is -3.93. The molecule has 9 nitrogen and oxygen atoms in total. The number of halogens is 3. The number of carbonyl (C=O) groups excluding carboxylic acids is 1. The van der Waals surface area contributed by atoms with E-state index in [1.807, 2.05) is 22.7 Å². The van der Waals surface area contributed by atoms with Crippen LogP contribution in [0, 0.1) is 0 Å². The summed E-state index contributed by atoms with van der Waals surface area (Å²) in [5, 5.41) is 7.43. The normalized spacial score (nSPS) is 15.6. The van der Waals surface area contributed by atoms with Gasteiger partial charge < -0.3 is 21.7 Å². The molecular weight excluding hydrogens is 461 g/mol. The van der Waals surface area contributed by atoms with Crippen LogP contribution in [0.4, 0.5) is 23.7 Å². The number of anilines is 1. The number of alkyl halides is 3. The van der Waals surface area contributed by atoms with Gasteiger partial charge in [-0.3, -0.25) is 14.4 Å². The van der Waals surface area contributed by atoms with Gasteiger partial charge in [0.05, 0.1) is 29.8 Å². The average molecular weight is 487 g/mol. The number of piperidine rings is 1. The molecule has 3 aromatic rings. The average Bonchev–Trinajstić information content (AvgIpc) is 3.27. The number of pyridine rings is 2. The van der Waals surface area contributed by atoms with Crippen LogP contribution in [-0.4, -0.2) is 58.5 Å². The van der Waals surface area contributed by atoms with Gasteiger partial charge in [0.25, 0.3) is 0 Å². The number of nitrogens with zero attached hydrogens (tertiary/aromatic N) is 4. The lowest BCUT2D eigenvalue weighted by Crippen LogP contribution is -2.36. The lowest BCUT2D eigenvalue weighted by atomic mass is 10.1. The number of hydrogen-bond donors (Lipinski definition) is 4. The smallest absolute Gasteiger partial charge is 0.404 e. The number of nitrogens with one attached hydrogen (secondary N) is 3. The van der Waals surface area contributed by atoms with E-state index in [0.29, 0.717) is 16.9 Å². The van der Waals surface area contributed by atoms with E-state index in [1.54, 1.807) is 30.0 Å². The lowest BCUT2D eigenvalue weighted by molar-refractivity contribution is -0.122. The van der Waals surface area contributed by atoms with Crippen LogP contribution >= 0.6 is 0 Å². The second kappa shape index (κ2) is 10.6. The predicted octanol–water partition coefficient (Wildman–Crippen LogP) is 3.20. The summed E-state index contributed by atoms with van der Waals surface area (Å²) in [6.45, 7) is 0.482. The third kappa shape index (κ3) is 6.35. The number of aromatic nitrogens is 3. The van der Waals surface area contributed by atoms with Gasteiger partial charge in [0.15, 0.2) is 0 Å². The van der Waals surface area contributed by atoms with Gasteiger partial charge in [-0.2, -0.15) is 13.2 Å². The van der Waals surface area contributed by atoms with Crippen molar-refractivity contribution in [3.05, 3.63) is 54.7 Å². The number of amides is 2. The molecule has 4 heterocycles. The summed E-state index contributed by atoms with van der Waals surface area (Å²) in [5.41, 5.74) is 9.74. The molecule has 0 aliphatic carbocycles. The van der Waals surface area contributed by atoms with Gasteiger partial charge in [0.1, 0.15) is 12.2 Å². The first-order valence-corrected chi connectivity index (χ1v) is 11.0. The second-order valence-corrected chi connectivity index (χ2v) is 8.05. The Labute approximate surface area is 199 Å². The minimum absolute atomic E-state index is 0.247. The first kappa shape index (κ1) is 24.2. The summed E-state index contributed by atoms with van der Waals surface area (Å²) >= 11 is 0. The largest absolute Gasteiger partial charge is 0.405 e. The fourth-order valence-corrected chi connectivity index (χ4v) is 3.73. The maximum atomic E-state index is 12.3. The number of allylic oxidation sites excluding steroid dienone is 1. The highest BCUT2D eigenvalue weighted by Crippen LogP contribution is 2.24. The Kier molecular flexibility index (Phi) is 7.30. The zero-order chi connectivity index (χ0) is 24.8. The van der Waals surface area contributed by atoms with Crippen LogP contribution in [0.3, 0.4) is 0 Å². The molecule has 0 aromatic carbocycles. The van der Waals surface area contributed by atoms with E-state index in [9.17, 15) is 18.0 Å². The molecule has 4 rings (SSSR count). The monoisotopic (exact) mass is 486 g/mol. The molecule has 35 heavy (non-hydrogen) atoms. The molecule has 0 unspecified atom stereocenters. The minimum Gasteiger partial charge on any atom is -0.404 e. The lowest BCUT2D eigenvalue weighted by Gasteiger charge is -2.18. The highest BCUT2D eigenvalue weighted by molar-refractivity contribution is 6.10. The molecule has 0 radical (unpaired) electrons. The Morgan fingerprint density at radius 1 is 1.26 bits per heavy atom. The van der Waals surface area contributed by atoms with Gasteiger partial charge >= 0.3 is 12.2 Å². The van der Waals surface area contributed by atoms with Crippen molar-refractivity contribution < 1.29 is 18.0 Å². The van der Waals surface area contributed by atoms with Gasteiger partial charge in [-0.1, -0.05) is 0 Å². The standard InChI is InChI=1S/C23H25F3N8O/c24-23(25,26)14-32-22(35)33-19-7-16(10-29-12-19)20-13-31-21-8-15(3-6-34(20)21)17(9-27)11-30-18-1-4-28-5-2-18/h3,6-13,18,28H,1-2,4-5,14,27H2,(H2,32,33,35). The van der Waals surface area contributed by atoms with E-state index in [0.717, 1.165) is 37.1 Å². The number of aliphatic imine (C=N–C) groups is 1. The number of imidazole rings is 1. The number of hydrogen-bond acceptors (Lipinski definition) is 6. The molecule has 0 saturated carbocycles. The molecule has 1 fully saturated rings. The van der Waals surface area contributed by atoms with Crippen molar-refractivity contribution in [1.29, 1.82) is 0 Å². The van der Waals surface area contributed by atoms with Crippen LogP contribution in [0.15, 0.2) is 54.2 Å². The first-order valence-electron chi connectivity index (χ1n) is 11.0. The van der Waals surface area contributed by atoms with Crippen molar-refractivity contribution in [3.63, 3.8) is 0 Å². The van der Waals surface area contributed by atoms with Gasteiger partial charge in [0, 0.05) is 35.9 Å². The van der Waals surface area contributed by atoms with E-state index < -0.39 is 18.8 Å². The number of carbonyl (C=O) groups is 1. The SMILES string of the molecule is NC=C(C=NC1CCNCC1)c1ccn2c(-c3cncc(NC(=O)NCC(F)(F)F)c3)cnc2c1. The van der Waals surface area contributed by atoms with Crippen LogP contribution in [0.25, 0.3) is 22.5 Å². The molecule has 0 bridgehead atoms. The Bertz CT molecular complexity index is 1250. The van der Waals surface area contributed by atoms with Crippen LogP contribution in [0.1, 0.15) is 18.4 Å². The molecule has 1 saturated heterocycles. The molecule has 3 aromatic heterocycles. The van der Waals surface area contributed by atoms with E-state index in [1.165, 1.54) is 12.4 Å². The summed E-state index contributed by atoms with van der Waals surface area (Å²) in [6, 6.07) is 4.68. The van der Waals surface area contributed by atoms with Crippen molar-refractivity contribution in [2.24, 2.45) is 10.7 Å². The fourth-order valence-electron chi connectivity index (χ4n) is 3.73. The third-order valence-electron chi connectivity index (χ3n) is 5.50. The van der Waals surface area contributed by atoms with Gasteiger partial charge in [-0.25, -0.2) is 9.78 Å². The summed E-state index contributed by atoms with van der Waals surface area (Å²) in [4.78, 5) is 25.0. The van der Waals surface area contributed by atoms with E-state index >= 15 is 0 Å². The highest BCUT2D eigenvalue weighted by atomic mass is 19.4. The molecule has 1 aliphatic rings. The Morgan fingerprint density at radius 2 is 2.06 bits per heavy atom. The minimum atomic E-state index is -4.50. The van der Waals surface area contributed by atoms with Crippen LogP contribution in [-0.2, 0) is 0 Å². The fraction of sp³-hybridized carbons (Fsp3) is 0.304. The summed E-state index contributed by atoms with van der Waals surface area (Å²) < 4.78 is 38.7. The zero-order valence-corrected chi connectivity index (χ0v) is 18.7. The number of nitrogens with two attached hydrogens (primary N) is 1. The molecule has 184 valence electrons. The second-order valence-electron chi connectivity index (χ2n) is 8.05. The number of urea groups is 1. The number of fused-ring (bicyclic) bond motifs is 1. The van der Waals surface area contributed by atoms with E-state index in [4.69, 9.17) is 5.73 Å². The van der Waals surface area contributed by atoms with Crippen molar-refractivity contribution in [2.75, 3.05) is 25.0 Å². The first-order chi connectivity index (χ1) is 16.8. The molecule has 0 atom stereocenters.